The molecule has 2 rings (SSSR count). The van der Waals surface area contributed by atoms with E-state index in [1.54, 1.807) is 6.07 Å². The van der Waals surface area contributed by atoms with Crippen molar-refractivity contribution in [3.05, 3.63) is 24.2 Å². The second-order valence-electron chi connectivity index (χ2n) is 4.84. The summed E-state index contributed by atoms with van der Waals surface area (Å²) in [6.07, 6.45) is 4.00. The number of amidine groups is 1. The molecule has 7 heteroatoms. The number of carbonyl (C=O) groups is 1. The van der Waals surface area contributed by atoms with Crippen molar-refractivity contribution in [3.8, 4) is 0 Å². The average Bonchev–Trinajstić information content (AvgIpc) is 2.95. The Morgan fingerprint density at radius 3 is 2.79 bits per heavy atom. The molecule has 7 nitrogen and oxygen atoms in total. The summed E-state index contributed by atoms with van der Waals surface area (Å²) in [5.41, 5.74) is 5.40. The Kier molecular flexibility index (Phi) is 3.75. The number of nitrogens with one attached hydrogen (secondary N) is 1. The van der Waals surface area contributed by atoms with Crippen LogP contribution in [-0.4, -0.2) is 47.5 Å². The number of carbonyl (C=O) groups excluding carboxylic acids is 1. The quantitative estimate of drug-likeness (QED) is 0.314. The van der Waals surface area contributed by atoms with Gasteiger partial charge in [0.2, 0.25) is 0 Å². The van der Waals surface area contributed by atoms with Gasteiger partial charge < -0.3 is 25.6 Å². The van der Waals surface area contributed by atoms with Crippen LogP contribution in [0, 0.1) is 0 Å². The lowest BCUT2D eigenvalue weighted by Gasteiger charge is -2.40. The van der Waals surface area contributed by atoms with Crippen LogP contribution < -0.4 is 11.1 Å². The highest BCUT2D eigenvalue weighted by Crippen LogP contribution is 2.22. The fraction of sp³-hybridized carbons (Fsp3) is 0.500. The van der Waals surface area contributed by atoms with Crippen molar-refractivity contribution in [1.29, 1.82) is 0 Å². The van der Waals surface area contributed by atoms with E-state index in [4.69, 9.17) is 15.4 Å². The van der Waals surface area contributed by atoms with Gasteiger partial charge in [-0.15, -0.1) is 0 Å². The fourth-order valence-electron chi connectivity index (χ4n) is 2.22. The normalized spacial score (nSPS) is 20.2. The van der Waals surface area contributed by atoms with Crippen LogP contribution in [0.2, 0.25) is 0 Å². The molecule has 1 saturated heterocycles. The topological polar surface area (TPSA) is 104 Å². The molecule has 1 aromatic heterocycles. The maximum Gasteiger partial charge on any atom is 0.255 e. The third-order valence-corrected chi connectivity index (χ3v) is 3.57. The molecule has 0 saturated carbocycles. The summed E-state index contributed by atoms with van der Waals surface area (Å²) < 4.78 is 4.88. The van der Waals surface area contributed by atoms with Gasteiger partial charge in [0.25, 0.3) is 5.91 Å². The van der Waals surface area contributed by atoms with Gasteiger partial charge >= 0.3 is 0 Å². The molecule has 104 valence electrons. The van der Waals surface area contributed by atoms with Gasteiger partial charge in [-0.25, -0.2) is 0 Å². The van der Waals surface area contributed by atoms with E-state index in [2.05, 4.69) is 15.4 Å². The van der Waals surface area contributed by atoms with Crippen LogP contribution in [0.25, 0.3) is 0 Å². The van der Waals surface area contributed by atoms with Crippen molar-refractivity contribution in [1.82, 2.24) is 10.2 Å². The van der Waals surface area contributed by atoms with E-state index in [1.807, 2.05) is 7.05 Å². The monoisotopic (exact) mass is 266 g/mol. The van der Waals surface area contributed by atoms with Crippen LogP contribution in [0.15, 0.2) is 28.2 Å². The number of hydrogen-bond acceptors (Lipinski definition) is 5. The van der Waals surface area contributed by atoms with Crippen LogP contribution in [0.3, 0.4) is 0 Å². The smallest absolute Gasteiger partial charge is 0.255 e. The van der Waals surface area contributed by atoms with Gasteiger partial charge in [-0.05, 0) is 26.0 Å². The Bertz CT molecular complexity index is 461. The lowest BCUT2D eigenvalue weighted by Crippen LogP contribution is -2.62. The molecule has 1 fully saturated rings. The number of oxime groups is 1. The van der Waals surface area contributed by atoms with E-state index < -0.39 is 5.54 Å². The first kappa shape index (κ1) is 13.4. The molecule has 2 heterocycles. The van der Waals surface area contributed by atoms with Crippen LogP contribution in [0.1, 0.15) is 23.2 Å². The van der Waals surface area contributed by atoms with Gasteiger partial charge in [0.15, 0.2) is 5.84 Å². The van der Waals surface area contributed by atoms with Crippen molar-refractivity contribution in [3.63, 3.8) is 0 Å². The largest absolute Gasteiger partial charge is 0.472 e. The summed E-state index contributed by atoms with van der Waals surface area (Å²) >= 11 is 0. The van der Waals surface area contributed by atoms with E-state index in [0.29, 0.717) is 18.4 Å². The molecule has 19 heavy (non-hydrogen) atoms. The molecule has 4 N–H and O–H groups in total. The molecule has 0 bridgehead atoms. The van der Waals surface area contributed by atoms with Crippen LogP contribution >= 0.6 is 0 Å². The second-order valence-corrected chi connectivity index (χ2v) is 4.84. The molecule has 1 aliphatic rings. The minimum absolute atomic E-state index is 0.0393. The number of nitrogens with two attached hydrogens (primary N) is 1. The molecular formula is C12H18N4O3. The number of likely N-dealkylation sites (tertiary alicyclic amines) is 1. The summed E-state index contributed by atoms with van der Waals surface area (Å²) in [6.45, 7) is 1.53. The highest BCUT2D eigenvalue weighted by atomic mass is 16.4. The first-order chi connectivity index (χ1) is 9.07. The van der Waals surface area contributed by atoms with E-state index in [1.165, 1.54) is 12.5 Å². The first-order valence-corrected chi connectivity index (χ1v) is 6.09. The Morgan fingerprint density at radius 2 is 2.26 bits per heavy atom. The van der Waals surface area contributed by atoms with Crippen LogP contribution in [-0.2, 0) is 0 Å². The molecule has 0 aliphatic carbocycles. The van der Waals surface area contributed by atoms with Crippen molar-refractivity contribution in [2.45, 2.75) is 18.4 Å². The summed E-state index contributed by atoms with van der Waals surface area (Å²) in [5.74, 6) is -0.248. The summed E-state index contributed by atoms with van der Waals surface area (Å²) in [6, 6.07) is 1.57. The maximum atomic E-state index is 12.1. The summed E-state index contributed by atoms with van der Waals surface area (Å²) in [4.78, 5) is 14.2. The van der Waals surface area contributed by atoms with Crippen molar-refractivity contribution in [2.24, 2.45) is 10.9 Å². The van der Waals surface area contributed by atoms with Gasteiger partial charge in [0.1, 0.15) is 11.8 Å². The lowest BCUT2D eigenvalue weighted by atomic mass is 9.86. The molecule has 1 aliphatic heterocycles. The minimum atomic E-state index is -0.796. The number of amides is 1. The first-order valence-electron chi connectivity index (χ1n) is 6.09. The van der Waals surface area contributed by atoms with Gasteiger partial charge in [0.05, 0.1) is 11.8 Å². The number of hydrogen-bond donors (Lipinski definition) is 3. The Hall–Kier alpha value is -2.02. The number of rotatable bonds is 3. The molecule has 0 unspecified atom stereocenters. The highest BCUT2D eigenvalue weighted by molar-refractivity contribution is 6.00. The molecule has 1 amide bonds. The standard InChI is InChI=1S/C12H18N4O3/c1-16-5-3-12(4-6-16,11(13)15-18)14-10(17)9-2-7-19-8-9/h2,7-8,18H,3-6H2,1H3,(H2,13,15)(H,14,17). The molecule has 0 spiro atoms. The minimum Gasteiger partial charge on any atom is -0.472 e. The lowest BCUT2D eigenvalue weighted by molar-refractivity contribution is 0.0885. The SMILES string of the molecule is CN1CCC(NC(=O)c2ccoc2)(/C(N)=N/O)CC1. The van der Waals surface area contributed by atoms with Gasteiger partial charge in [0, 0.05) is 13.1 Å². The summed E-state index contributed by atoms with van der Waals surface area (Å²) in [5, 5.41) is 14.9. The average molecular weight is 266 g/mol. The fourth-order valence-corrected chi connectivity index (χ4v) is 2.22. The maximum absolute atomic E-state index is 12.1. The zero-order chi connectivity index (χ0) is 13.9. The zero-order valence-electron chi connectivity index (χ0n) is 10.8. The highest BCUT2D eigenvalue weighted by Gasteiger charge is 2.39. The van der Waals surface area contributed by atoms with Gasteiger partial charge in [-0.1, -0.05) is 5.16 Å². The Balaban J connectivity index is 2.17. The predicted molar refractivity (Wildman–Crippen MR) is 69.0 cm³/mol. The van der Waals surface area contributed by atoms with Crippen molar-refractivity contribution in [2.75, 3.05) is 20.1 Å². The molecule has 0 radical (unpaired) electrons. The molecular weight excluding hydrogens is 248 g/mol. The zero-order valence-corrected chi connectivity index (χ0v) is 10.8. The van der Waals surface area contributed by atoms with Crippen LogP contribution in [0.5, 0.6) is 0 Å². The molecule has 0 aromatic carbocycles. The Morgan fingerprint density at radius 1 is 1.58 bits per heavy atom. The third kappa shape index (κ3) is 2.70. The van der Waals surface area contributed by atoms with Crippen molar-refractivity contribution >= 4 is 11.7 Å². The third-order valence-electron chi connectivity index (χ3n) is 3.57. The van der Waals surface area contributed by atoms with Gasteiger partial charge in [-0.2, -0.15) is 0 Å². The van der Waals surface area contributed by atoms with E-state index in [0.717, 1.165) is 13.1 Å². The molecule has 0 atom stereocenters. The number of piperidine rings is 1. The number of furan rings is 1. The Labute approximate surface area is 111 Å². The van der Waals surface area contributed by atoms with Crippen LogP contribution in [0.4, 0.5) is 0 Å². The van der Waals surface area contributed by atoms with Crippen molar-refractivity contribution < 1.29 is 14.4 Å². The summed E-state index contributed by atoms with van der Waals surface area (Å²) in [7, 11) is 1.99. The van der Waals surface area contributed by atoms with E-state index >= 15 is 0 Å². The van der Waals surface area contributed by atoms with Gasteiger partial charge in [-0.3, -0.25) is 4.79 Å². The second kappa shape index (κ2) is 5.31. The van der Waals surface area contributed by atoms with E-state index in [9.17, 15) is 4.79 Å². The molecule has 1 aromatic rings. The number of nitrogens with zero attached hydrogens (tertiary/aromatic N) is 2. The van der Waals surface area contributed by atoms with E-state index in [-0.39, 0.29) is 11.7 Å². The predicted octanol–water partition coefficient (Wildman–Crippen LogP) is 0.220.